The number of carbonyl (C=O) groups excluding carboxylic acids is 2. The monoisotopic (exact) mass is 532 g/mol. The first-order chi connectivity index (χ1) is 16.1. The molecule has 2 aliphatic heterocycles. The lowest BCUT2D eigenvalue weighted by Gasteiger charge is -2.40. The Morgan fingerprint density at radius 2 is 1.00 bits per heavy atom. The molecule has 0 aromatic rings. The minimum Gasteiger partial charge on any atom is -0.394 e. The van der Waals surface area contributed by atoms with E-state index in [0.717, 1.165) is 0 Å². The number of rotatable bonds is 11. The van der Waals surface area contributed by atoms with Crippen molar-refractivity contribution in [3.8, 4) is 0 Å². The van der Waals surface area contributed by atoms with E-state index in [9.17, 15) is 40.2 Å². The van der Waals surface area contributed by atoms with Crippen molar-refractivity contribution in [1.82, 2.24) is 10.6 Å². The molecule has 10 atom stereocenters. The predicted molar refractivity (Wildman–Crippen MR) is 118 cm³/mol. The minimum absolute atomic E-state index is 0.0239. The lowest BCUT2D eigenvalue weighted by Crippen LogP contribution is -2.64. The summed E-state index contributed by atoms with van der Waals surface area (Å²) in [6.07, 6.45) is -11.5. The van der Waals surface area contributed by atoms with Crippen LogP contribution in [0.3, 0.4) is 0 Å². The smallest absolute Gasteiger partial charge is 0.230 e. The molecule has 2 saturated heterocycles. The summed E-state index contributed by atoms with van der Waals surface area (Å²) in [6, 6.07) is -2.52. The number of carbonyl (C=O) groups is 2. The van der Waals surface area contributed by atoms with Gasteiger partial charge in [-0.25, -0.2) is 0 Å². The lowest BCUT2D eigenvalue weighted by molar-refractivity contribution is -0.253. The van der Waals surface area contributed by atoms with Crippen molar-refractivity contribution >= 4 is 35.3 Å². The lowest BCUT2D eigenvalue weighted by atomic mass is 9.97. The molecule has 0 saturated carbocycles. The highest BCUT2D eigenvalue weighted by atomic mass is 32.2. The Kier molecular flexibility index (Phi) is 12.2. The van der Waals surface area contributed by atoms with E-state index in [2.05, 4.69) is 10.6 Å². The van der Waals surface area contributed by atoms with Crippen LogP contribution in [-0.2, 0) is 19.1 Å². The van der Waals surface area contributed by atoms with E-state index < -0.39 is 86.3 Å². The van der Waals surface area contributed by atoms with Gasteiger partial charge in [0.05, 0.1) is 24.7 Å². The number of thioether (sulfide) groups is 2. The van der Waals surface area contributed by atoms with Crippen LogP contribution in [-0.4, -0.2) is 150 Å². The Bertz CT molecular complexity index is 610. The molecule has 2 heterocycles. The van der Waals surface area contributed by atoms with Gasteiger partial charge in [-0.1, -0.05) is 0 Å². The fraction of sp³-hybridized carbons (Fsp3) is 0.889. The number of aliphatic hydroxyl groups excluding tert-OH is 8. The van der Waals surface area contributed by atoms with Gasteiger partial charge in [-0.05, 0) is 0 Å². The topological polar surface area (TPSA) is 238 Å². The molecule has 2 amide bonds. The molecule has 34 heavy (non-hydrogen) atoms. The second kappa shape index (κ2) is 14.1. The van der Waals surface area contributed by atoms with Gasteiger partial charge in [0.2, 0.25) is 11.8 Å². The van der Waals surface area contributed by atoms with Crippen molar-refractivity contribution in [3.63, 3.8) is 0 Å². The number of ether oxygens (including phenoxy) is 2. The van der Waals surface area contributed by atoms with E-state index >= 15 is 0 Å². The largest absolute Gasteiger partial charge is 0.394 e. The minimum atomic E-state index is -1.60. The van der Waals surface area contributed by atoms with Gasteiger partial charge < -0.3 is 61.0 Å². The molecule has 14 nitrogen and oxygen atoms in total. The van der Waals surface area contributed by atoms with Crippen molar-refractivity contribution < 1.29 is 59.9 Å². The summed E-state index contributed by atoms with van der Waals surface area (Å²) in [7, 11) is 0. The van der Waals surface area contributed by atoms with Crippen LogP contribution < -0.4 is 10.6 Å². The maximum absolute atomic E-state index is 12.0. The summed E-state index contributed by atoms with van der Waals surface area (Å²) in [5.74, 6) is -0.139. The van der Waals surface area contributed by atoms with Crippen LogP contribution in [0, 0.1) is 0 Å². The second-order valence-electron chi connectivity index (χ2n) is 7.75. The van der Waals surface area contributed by atoms with Crippen LogP contribution in [0.4, 0.5) is 0 Å². The van der Waals surface area contributed by atoms with Gasteiger partial charge in [0.15, 0.2) is 12.6 Å². The van der Waals surface area contributed by atoms with E-state index in [1.54, 1.807) is 0 Å². The Balaban J connectivity index is 1.61. The molecule has 2 fully saturated rings. The standard InChI is InChI=1S/C18H32N2O12S2/c21-3-7-13(25)15(27)11(17(29)31-7)19-9(23)5-33-1-2-34-6-10(24)20-12-16(28)14(26)8(4-22)32-18(12)30/h7-8,11-18,21-22,25-30H,1-6H2,(H,19,23)(H,20,24)/t7-,8-,11-,12-,13-,14-,15-,16-,17-,18-/m1/s1. The highest BCUT2D eigenvalue weighted by Gasteiger charge is 2.45. The van der Waals surface area contributed by atoms with E-state index in [4.69, 9.17) is 19.7 Å². The number of amides is 2. The molecule has 0 bridgehead atoms. The van der Waals surface area contributed by atoms with Gasteiger partial charge in [0.1, 0.15) is 48.7 Å². The quantitative estimate of drug-likeness (QED) is 0.112. The molecular formula is C18H32N2O12S2. The number of hydrogen-bond acceptors (Lipinski definition) is 14. The fourth-order valence-electron chi connectivity index (χ4n) is 3.41. The summed E-state index contributed by atoms with van der Waals surface area (Å²) < 4.78 is 9.93. The normalized spacial score (nSPS) is 38.4. The highest BCUT2D eigenvalue weighted by Crippen LogP contribution is 2.21. The Hall–Kier alpha value is -0.760. The van der Waals surface area contributed by atoms with E-state index in [0.29, 0.717) is 11.5 Å². The Morgan fingerprint density at radius 3 is 1.32 bits per heavy atom. The zero-order valence-corrected chi connectivity index (χ0v) is 19.7. The van der Waals surface area contributed by atoms with Crippen molar-refractivity contribution in [2.45, 2.75) is 61.3 Å². The number of nitrogens with one attached hydrogen (secondary N) is 2. The van der Waals surface area contributed by atoms with Crippen LogP contribution in [0.5, 0.6) is 0 Å². The first kappa shape index (κ1) is 29.5. The molecule has 198 valence electrons. The van der Waals surface area contributed by atoms with Crippen molar-refractivity contribution in [3.05, 3.63) is 0 Å². The molecular weight excluding hydrogens is 500 g/mol. The zero-order valence-electron chi connectivity index (χ0n) is 18.0. The Labute approximate surface area is 203 Å². The van der Waals surface area contributed by atoms with E-state index in [1.165, 1.54) is 23.5 Å². The maximum atomic E-state index is 12.0. The van der Waals surface area contributed by atoms with Crippen LogP contribution >= 0.6 is 23.5 Å². The molecule has 2 aliphatic rings. The van der Waals surface area contributed by atoms with Crippen molar-refractivity contribution in [2.24, 2.45) is 0 Å². The molecule has 0 aliphatic carbocycles. The molecule has 10 N–H and O–H groups in total. The van der Waals surface area contributed by atoms with Gasteiger partial charge in [-0.15, -0.1) is 0 Å². The van der Waals surface area contributed by atoms with Crippen molar-refractivity contribution in [2.75, 3.05) is 36.2 Å². The maximum Gasteiger partial charge on any atom is 0.230 e. The van der Waals surface area contributed by atoms with Crippen LogP contribution in [0.2, 0.25) is 0 Å². The third-order valence-corrected chi connectivity index (χ3v) is 7.47. The molecule has 16 heteroatoms. The first-order valence-corrected chi connectivity index (χ1v) is 12.8. The van der Waals surface area contributed by atoms with Gasteiger partial charge in [-0.2, -0.15) is 23.5 Å². The predicted octanol–water partition coefficient (Wildman–Crippen LogP) is -5.71. The van der Waals surface area contributed by atoms with Crippen molar-refractivity contribution in [1.29, 1.82) is 0 Å². The average Bonchev–Trinajstić information content (AvgIpc) is 2.81. The molecule has 0 spiro atoms. The third-order valence-electron chi connectivity index (χ3n) is 5.29. The third kappa shape index (κ3) is 7.87. The van der Waals surface area contributed by atoms with Gasteiger partial charge >= 0.3 is 0 Å². The fourth-order valence-corrected chi connectivity index (χ4v) is 5.18. The van der Waals surface area contributed by atoms with Gasteiger partial charge in [0, 0.05) is 11.5 Å². The molecule has 2 rings (SSSR count). The molecule has 0 unspecified atom stereocenters. The highest BCUT2D eigenvalue weighted by molar-refractivity contribution is 8.03. The summed E-state index contributed by atoms with van der Waals surface area (Å²) in [6.45, 7) is -1.22. The van der Waals surface area contributed by atoms with Gasteiger partial charge in [0.25, 0.3) is 0 Å². The SMILES string of the molecule is O=C(CSCCSCC(=O)N[C@@H]1[C@@H](O)[C@H](O)[C@@H](CO)O[C@H]1O)N[C@@H]1[C@@H](O)[C@H](O)[C@@H](CO)O[C@H]1O. The second-order valence-corrected chi connectivity index (χ2v) is 9.96. The summed E-state index contributed by atoms with van der Waals surface area (Å²) >= 11 is 2.44. The molecule has 0 radical (unpaired) electrons. The first-order valence-electron chi connectivity index (χ1n) is 10.5. The summed E-state index contributed by atoms with van der Waals surface area (Å²) in [4.78, 5) is 24.1. The van der Waals surface area contributed by atoms with Crippen LogP contribution in [0.15, 0.2) is 0 Å². The summed E-state index contributed by atoms with van der Waals surface area (Å²) in [5, 5.41) is 82.3. The van der Waals surface area contributed by atoms with Crippen LogP contribution in [0.25, 0.3) is 0 Å². The van der Waals surface area contributed by atoms with Gasteiger partial charge in [-0.3, -0.25) is 9.59 Å². The number of aliphatic hydroxyl groups is 8. The van der Waals surface area contributed by atoms with Crippen LogP contribution in [0.1, 0.15) is 0 Å². The number of hydrogen-bond donors (Lipinski definition) is 10. The average molecular weight is 533 g/mol. The molecule has 0 aromatic heterocycles. The van der Waals surface area contributed by atoms with E-state index in [1.807, 2.05) is 0 Å². The molecule has 0 aromatic carbocycles. The Morgan fingerprint density at radius 1 is 0.647 bits per heavy atom. The summed E-state index contributed by atoms with van der Waals surface area (Å²) in [5.41, 5.74) is 0. The zero-order chi connectivity index (χ0) is 25.4. The van der Waals surface area contributed by atoms with E-state index in [-0.39, 0.29) is 11.5 Å².